The van der Waals surface area contributed by atoms with Crippen LogP contribution in [0.4, 0.5) is 0 Å². The number of isocyanates is 1. The van der Waals surface area contributed by atoms with Crippen LogP contribution in [0.15, 0.2) is 17.1 Å². The monoisotopic (exact) mass is 396 g/mol. The molecular weight excluding hydrogens is 348 g/mol. The SMILES string of the molecule is CC(C)[C@@H](CO)N=C=O.CCCCCCCCC=CCCCCCCCCN. The van der Waals surface area contributed by atoms with Gasteiger partial charge in [0.15, 0.2) is 0 Å². The molecule has 0 saturated carbocycles. The number of allylic oxidation sites excluding steroid dienone is 2. The van der Waals surface area contributed by atoms with Crippen LogP contribution in [0, 0.1) is 5.92 Å². The van der Waals surface area contributed by atoms with Crippen molar-refractivity contribution in [3.05, 3.63) is 12.2 Å². The van der Waals surface area contributed by atoms with E-state index in [1.54, 1.807) is 0 Å². The first-order chi connectivity index (χ1) is 13.6. The molecule has 0 heterocycles. The number of rotatable bonds is 18. The molecular formula is C24H48N2O2. The summed E-state index contributed by atoms with van der Waals surface area (Å²) in [6, 6.07) is -0.275. The van der Waals surface area contributed by atoms with Gasteiger partial charge in [0.25, 0.3) is 0 Å². The standard InChI is InChI=1S/C18H37N.C6H11NO2/c1-2-3-4-5-6-7-8-9-10-11-12-13-14-15-16-17-18-19;1-5(2)6(3-8)7-4-9/h9-10H,2-8,11-19H2,1H3;5-6,8H,3H2,1-2H3/t;6-/m.1/s1. The van der Waals surface area contributed by atoms with Gasteiger partial charge in [-0.2, -0.15) is 4.99 Å². The molecule has 0 radical (unpaired) electrons. The fraction of sp³-hybridized carbons (Fsp3) is 0.875. The number of hydrogen-bond acceptors (Lipinski definition) is 4. The van der Waals surface area contributed by atoms with Gasteiger partial charge >= 0.3 is 0 Å². The molecule has 0 aromatic rings. The molecule has 0 saturated heterocycles. The summed E-state index contributed by atoms with van der Waals surface area (Å²) >= 11 is 0. The Kier molecular flexibility index (Phi) is 27.2. The molecule has 0 aromatic carbocycles. The second-order valence-corrected chi connectivity index (χ2v) is 7.94. The van der Waals surface area contributed by atoms with E-state index in [4.69, 9.17) is 10.8 Å². The third kappa shape index (κ3) is 25.0. The van der Waals surface area contributed by atoms with Crippen LogP contribution in [0.3, 0.4) is 0 Å². The zero-order chi connectivity index (χ0) is 21.3. The molecule has 166 valence electrons. The van der Waals surface area contributed by atoms with E-state index in [2.05, 4.69) is 24.1 Å². The maximum atomic E-state index is 9.68. The van der Waals surface area contributed by atoms with Crippen molar-refractivity contribution in [3.63, 3.8) is 0 Å². The quantitative estimate of drug-likeness (QED) is 0.123. The third-order valence-corrected chi connectivity index (χ3v) is 4.89. The zero-order valence-corrected chi connectivity index (χ0v) is 19.0. The number of aliphatic hydroxyl groups is 1. The molecule has 3 N–H and O–H groups in total. The molecule has 0 unspecified atom stereocenters. The van der Waals surface area contributed by atoms with E-state index in [1.165, 1.54) is 96.0 Å². The largest absolute Gasteiger partial charge is 0.394 e. The first-order valence-corrected chi connectivity index (χ1v) is 11.7. The molecule has 4 heteroatoms. The Morgan fingerprint density at radius 1 is 0.857 bits per heavy atom. The number of aliphatic hydroxyl groups excluding tert-OH is 1. The Morgan fingerprint density at radius 2 is 1.32 bits per heavy atom. The van der Waals surface area contributed by atoms with E-state index in [0.717, 1.165) is 6.54 Å². The summed E-state index contributed by atoms with van der Waals surface area (Å²) in [4.78, 5) is 13.1. The minimum Gasteiger partial charge on any atom is -0.394 e. The topological polar surface area (TPSA) is 75.7 Å². The highest BCUT2D eigenvalue weighted by molar-refractivity contribution is 5.33. The third-order valence-electron chi connectivity index (χ3n) is 4.89. The van der Waals surface area contributed by atoms with Gasteiger partial charge in [0, 0.05) is 0 Å². The second-order valence-electron chi connectivity index (χ2n) is 7.94. The molecule has 0 aliphatic carbocycles. The maximum absolute atomic E-state index is 9.68. The van der Waals surface area contributed by atoms with Gasteiger partial charge in [0.2, 0.25) is 6.08 Å². The van der Waals surface area contributed by atoms with Crippen LogP contribution in [0.5, 0.6) is 0 Å². The highest BCUT2D eigenvalue weighted by Gasteiger charge is 2.08. The number of nitrogens with two attached hydrogens (primary N) is 1. The Morgan fingerprint density at radius 3 is 1.68 bits per heavy atom. The number of carbonyl (C=O) groups excluding carboxylic acids is 1. The number of hydrogen-bond donors (Lipinski definition) is 2. The van der Waals surface area contributed by atoms with E-state index >= 15 is 0 Å². The lowest BCUT2D eigenvalue weighted by Gasteiger charge is -2.09. The fourth-order valence-electron chi connectivity index (χ4n) is 2.86. The van der Waals surface area contributed by atoms with E-state index in [0.29, 0.717) is 0 Å². The molecule has 0 rings (SSSR count). The van der Waals surface area contributed by atoms with Crippen LogP contribution >= 0.6 is 0 Å². The molecule has 0 aromatic heterocycles. The van der Waals surface area contributed by atoms with Gasteiger partial charge in [-0.25, -0.2) is 4.79 Å². The summed E-state index contributed by atoms with van der Waals surface area (Å²) in [5, 5.41) is 8.55. The van der Waals surface area contributed by atoms with Crippen molar-refractivity contribution < 1.29 is 9.90 Å². The normalized spacial score (nSPS) is 11.9. The molecule has 0 bridgehead atoms. The summed E-state index contributed by atoms with van der Waals surface area (Å²) in [5.74, 6) is 0.205. The second kappa shape index (κ2) is 26.0. The Balaban J connectivity index is 0. The van der Waals surface area contributed by atoms with Crippen LogP contribution < -0.4 is 5.73 Å². The minimum absolute atomic E-state index is 0.0765. The summed E-state index contributed by atoms with van der Waals surface area (Å²) in [7, 11) is 0. The zero-order valence-electron chi connectivity index (χ0n) is 19.0. The van der Waals surface area contributed by atoms with Crippen LogP contribution in [0.1, 0.15) is 111 Å². The predicted octanol–water partition coefficient (Wildman–Crippen LogP) is 6.32. The lowest BCUT2D eigenvalue weighted by molar-refractivity contribution is 0.239. The van der Waals surface area contributed by atoms with Crippen molar-refractivity contribution in [3.8, 4) is 0 Å². The lowest BCUT2D eigenvalue weighted by atomic mass is 10.1. The van der Waals surface area contributed by atoms with Gasteiger partial charge in [0.1, 0.15) is 0 Å². The Labute approximate surface area is 175 Å². The first-order valence-electron chi connectivity index (χ1n) is 11.7. The van der Waals surface area contributed by atoms with E-state index in [1.807, 2.05) is 13.8 Å². The van der Waals surface area contributed by atoms with Crippen LogP contribution in [0.25, 0.3) is 0 Å². The van der Waals surface area contributed by atoms with Crippen molar-refractivity contribution in [1.29, 1.82) is 0 Å². The summed E-state index contributed by atoms with van der Waals surface area (Å²) in [6.07, 6.45) is 25.3. The van der Waals surface area contributed by atoms with E-state index in [9.17, 15) is 4.79 Å². The molecule has 0 aliphatic rings. The fourth-order valence-corrected chi connectivity index (χ4v) is 2.86. The average Bonchev–Trinajstić information content (AvgIpc) is 2.69. The van der Waals surface area contributed by atoms with Crippen LogP contribution in [-0.4, -0.2) is 30.4 Å². The van der Waals surface area contributed by atoms with Crippen molar-refractivity contribution in [2.75, 3.05) is 13.2 Å². The molecule has 28 heavy (non-hydrogen) atoms. The van der Waals surface area contributed by atoms with E-state index < -0.39 is 0 Å². The molecule has 0 fully saturated rings. The molecule has 1 atom stereocenters. The van der Waals surface area contributed by atoms with Crippen molar-refractivity contribution in [2.45, 2.75) is 117 Å². The Hall–Kier alpha value is -0.960. The molecule has 0 spiro atoms. The predicted molar refractivity (Wildman–Crippen MR) is 122 cm³/mol. The van der Waals surface area contributed by atoms with Crippen LogP contribution in [0.2, 0.25) is 0 Å². The number of nitrogens with zero attached hydrogens (tertiary/aromatic N) is 1. The Bertz CT molecular complexity index is 364. The molecule has 0 amide bonds. The minimum atomic E-state index is -0.275. The lowest BCUT2D eigenvalue weighted by Crippen LogP contribution is -2.16. The van der Waals surface area contributed by atoms with Crippen molar-refractivity contribution in [2.24, 2.45) is 16.6 Å². The van der Waals surface area contributed by atoms with Gasteiger partial charge in [0.05, 0.1) is 12.6 Å². The van der Waals surface area contributed by atoms with Crippen LogP contribution in [-0.2, 0) is 4.79 Å². The van der Waals surface area contributed by atoms with Crippen molar-refractivity contribution in [1.82, 2.24) is 0 Å². The number of aliphatic imine (C=N–C) groups is 1. The molecule has 0 aliphatic heterocycles. The van der Waals surface area contributed by atoms with Crippen molar-refractivity contribution >= 4 is 6.08 Å². The summed E-state index contributed by atoms with van der Waals surface area (Å²) in [6.45, 7) is 6.85. The smallest absolute Gasteiger partial charge is 0.235 e. The van der Waals surface area contributed by atoms with Gasteiger partial charge in [-0.1, -0.05) is 90.7 Å². The summed E-state index contributed by atoms with van der Waals surface area (Å²) in [5.41, 5.74) is 5.47. The highest BCUT2D eigenvalue weighted by Crippen LogP contribution is 2.09. The maximum Gasteiger partial charge on any atom is 0.235 e. The summed E-state index contributed by atoms with van der Waals surface area (Å²) < 4.78 is 0. The van der Waals surface area contributed by atoms with Gasteiger partial charge in [-0.3, -0.25) is 0 Å². The van der Waals surface area contributed by atoms with E-state index in [-0.39, 0.29) is 18.6 Å². The molecule has 4 nitrogen and oxygen atoms in total. The first kappa shape index (κ1) is 29.2. The van der Waals surface area contributed by atoms with Gasteiger partial charge < -0.3 is 10.8 Å². The highest BCUT2D eigenvalue weighted by atomic mass is 16.3. The average molecular weight is 397 g/mol. The van der Waals surface area contributed by atoms with Gasteiger partial charge in [-0.05, 0) is 44.6 Å². The van der Waals surface area contributed by atoms with Gasteiger partial charge in [-0.15, -0.1) is 0 Å². The number of unbranched alkanes of at least 4 members (excludes halogenated alkanes) is 12.